The number of nitriles is 1. The molecule has 6 heteroatoms. The molecule has 0 unspecified atom stereocenters. The number of hydrogen-bond donors (Lipinski definition) is 0. The molecule has 6 nitrogen and oxygen atoms in total. The van der Waals surface area contributed by atoms with Gasteiger partial charge >= 0.3 is 0 Å². The smallest absolute Gasteiger partial charge is 0.164 e. The molecule has 3 heterocycles. The summed E-state index contributed by atoms with van der Waals surface area (Å²) in [4.78, 5) is 17.0. The Morgan fingerprint density at radius 2 is 0.729 bits per heavy atom. The molecule has 0 bridgehead atoms. The van der Waals surface area contributed by atoms with E-state index in [1.807, 2.05) is 18.2 Å². The van der Waals surface area contributed by atoms with Crippen LogP contribution in [0.25, 0.3) is 113 Å². The molecular weight excluding hydrogens is 1170 g/mol. The molecule has 3 aromatic heterocycles. The van der Waals surface area contributed by atoms with Crippen molar-refractivity contribution in [1.29, 1.82) is 5.26 Å². The number of fused-ring (bicyclic) bond motifs is 4. The van der Waals surface area contributed by atoms with Crippen LogP contribution in [0.2, 0.25) is 0 Å². The second-order valence-corrected chi connectivity index (χ2v) is 35.4. The second-order valence-electron chi connectivity index (χ2n) is 35.4. The highest BCUT2D eigenvalue weighted by molar-refractivity contribution is 6.11. The van der Waals surface area contributed by atoms with Crippen molar-refractivity contribution in [2.45, 2.75) is 204 Å². The standard InChI is InChI=1S/C90H102N6/c1-26-68-71-51-61(84(5,6)7)33-38-75(71)96(78(68)41-42-83(2,3)4)79-48-57(56-29-27-55(54-91)28-30-56)31-36-69(79)70-47-58(32-37-74(70)95-76-39-34-62(85(8,9)10)52-72(76)73-53-63(86(11,12)13)35-40-77(73)95)80-92-81(59-43-64(87(14,15)16)49-65(44-59)88(17,18)19)94-82(93-80)60-45-66(89(20,21)22)50-67(46-60)90(23,24)25/h26-53H,1H2,2-25H3/b42-41-. The maximum atomic E-state index is 10.1. The van der Waals surface area contributed by atoms with Crippen molar-refractivity contribution >= 4 is 44.9 Å². The van der Waals surface area contributed by atoms with E-state index < -0.39 is 0 Å². The highest BCUT2D eigenvalue weighted by Gasteiger charge is 2.30. The van der Waals surface area contributed by atoms with E-state index in [0.717, 1.165) is 83.5 Å². The quantitative estimate of drug-likeness (QED) is 0.144. The van der Waals surface area contributed by atoms with E-state index in [-0.39, 0.29) is 43.3 Å². The number of nitrogens with zero attached hydrogens (tertiary/aromatic N) is 6. The Morgan fingerprint density at radius 3 is 1.12 bits per heavy atom. The number of aromatic nitrogens is 5. The van der Waals surface area contributed by atoms with Gasteiger partial charge in [0.1, 0.15) is 0 Å². The maximum Gasteiger partial charge on any atom is 0.164 e. The van der Waals surface area contributed by atoms with Crippen molar-refractivity contribution in [2.75, 3.05) is 0 Å². The lowest BCUT2D eigenvalue weighted by Crippen LogP contribution is -2.17. The summed E-state index contributed by atoms with van der Waals surface area (Å²) in [5.74, 6) is 1.82. The Bertz CT molecular complexity index is 4720. The summed E-state index contributed by atoms with van der Waals surface area (Å²) in [5, 5.41) is 13.6. The zero-order valence-electron chi connectivity index (χ0n) is 62.1. The van der Waals surface area contributed by atoms with Crippen molar-refractivity contribution in [3.8, 4) is 73.9 Å². The third kappa shape index (κ3) is 13.6. The van der Waals surface area contributed by atoms with Crippen molar-refractivity contribution in [3.05, 3.63) is 220 Å². The molecule has 0 amide bonds. The van der Waals surface area contributed by atoms with E-state index in [1.54, 1.807) is 0 Å². The molecule has 0 N–H and O–H groups in total. The fourth-order valence-electron chi connectivity index (χ4n) is 12.9. The summed E-state index contributed by atoms with van der Waals surface area (Å²) in [7, 11) is 0. The molecule has 0 aliphatic rings. The van der Waals surface area contributed by atoms with Gasteiger partial charge < -0.3 is 9.13 Å². The summed E-state index contributed by atoms with van der Waals surface area (Å²) >= 11 is 0. The van der Waals surface area contributed by atoms with Crippen molar-refractivity contribution in [1.82, 2.24) is 24.1 Å². The number of rotatable bonds is 9. The first-order valence-electron chi connectivity index (χ1n) is 34.5. The number of hydrogen-bond acceptors (Lipinski definition) is 4. The normalized spacial score (nSPS) is 13.2. The Balaban J connectivity index is 1.33. The summed E-state index contributed by atoms with van der Waals surface area (Å²) in [6, 6.07) is 59.3. The monoisotopic (exact) mass is 1270 g/mol. The van der Waals surface area contributed by atoms with Gasteiger partial charge in [-0.05, 0) is 197 Å². The van der Waals surface area contributed by atoms with Crippen molar-refractivity contribution in [2.24, 2.45) is 5.41 Å². The molecule has 0 aliphatic carbocycles. The van der Waals surface area contributed by atoms with Gasteiger partial charge in [-0.15, -0.1) is 0 Å². The fourth-order valence-corrected chi connectivity index (χ4v) is 12.9. The van der Waals surface area contributed by atoms with Crippen LogP contribution in [-0.4, -0.2) is 24.1 Å². The van der Waals surface area contributed by atoms with Gasteiger partial charge in [0.2, 0.25) is 0 Å². The molecule has 0 aliphatic heterocycles. The lowest BCUT2D eigenvalue weighted by atomic mass is 9.79. The van der Waals surface area contributed by atoms with Gasteiger partial charge in [-0.2, -0.15) is 5.26 Å². The van der Waals surface area contributed by atoms with Crippen molar-refractivity contribution < 1.29 is 0 Å². The van der Waals surface area contributed by atoms with Gasteiger partial charge in [0.15, 0.2) is 17.5 Å². The Hall–Kier alpha value is -8.92. The van der Waals surface area contributed by atoms with E-state index in [1.165, 1.54) is 49.7 Å². The van der Waals surface area contributed by atoms with E-state index in [2.05, 4.69) is 340 Å². The molecule has 0 radical (unpaired) electrons. The SMILES string of the molecule is C=Cc1c(/C=C\C(C)(C)C)n(-c2cc(-c3ccc(C#N)cc3)ccc2-c2cc(-c3nc(-c4cc(C(C)(C)C)cc(C(C)(C)C)c4)nc(-c4cc(C(C)(C)C)cc(C(C)(C)C)c4)n3)ccc2-n2c3ccc(C(C)(C)C)cc3c3cc(C(C)(C)C)ccc32)c2ccc(C(C)(C)C)cc12. The zero-order valence-corrected chi connectivity index (χ0v) is 62.1. The first-order chi connectivity index (χ1) is 44.5. The van der Waals surface area contributed by atoms with Gasteiger partial charge in [0, 0.05) is 49.5 Å². The van der Waals surface area contributed by atoms with E-state index in [0.29, 0.717) is 23.0 Å². The van der Waals surface area contributed by atoms with Gasteiger partial charge in [-0.3, -0.25) is 0 Å². The average molecular weight is 1270 g/mol. The van der Waals surface area contributed by atoms with Crippen LogP contribution in [0.4, 0.5) is 0 Å². The molecule has 0 saturated heterocycles. The highest BCUT2D eigenvalue weighted by Crippen LogP contribution is 2.47. The van der Waals surface area contributed by atoms with Gasteiger partial charge in [0.05, 0.1) is 45.3 Å². The zero-order chi connectivity index (χ0) is 69.9. The lowest BCUT2D eigenvalue weighted by Gasteiger charge is -2.26. The minimum absolute atomic E-state index is 0.0910. The van der Waals surface area contributed by atoms with Crippen LogP contribution in [0.1, 0.15) is 222 Å². The maximum absolute atomic E-state index is 10.1. The summed E-state index contributed by atoms with van der Waals surface area (Å²) < 4.78 is 4.97. The van der Waals surface area contributed by atoms with Gasteiger partial charge in [0.25, 0.3) is 0 Å². The van der Waals surface area contributed by atoms with E-state index in [9.17, 15) is 5.26 Å². The molecule has 0 spiro atoms. The van der Waals surface area contributed by atoms with E-state index in [4.69, 9.17) is 15.0 Å². The van der Waals surface area contributed by atoms with Crippen LogP contribution in [0.15, 0.2) is 164 Å². The summed E-state index contributed by atoms with van der Waals surface area (Å²) in [6.07, 6.45) is 6.67. The molecular formula is C90H102N6. The molecule has 11 aromatic rings. The first-order valence-corrected chi connectivity index (χ1v) is 34.5. The first kappa shape index (κ1) is 68.5. The van der Waals surface area contributed by atoms with Crippen molar-refractivity contribution in [3.63, 3.8) is 0 Å². The number of benzene rings is 8. The molecule has 96 heavy (non-hydrogen) atoms. The predicted molar refractivity (Wildman–Crippen MR) is 412 cm³/mol. The third-order valence-corrected chi connectivity index (χ3v) is 19.2. The Labute approximate surface area is 574 Å². The van der Waals surface area contributed by atoms with Crippen LogP contribution >= 0.6 is 0 Å². The molecule has 492 valence electrons. The topological polar surface area (TPSA) is 72.3 Å². The molecule has 8 aromatic carbocycles. The predicted octanol–water partition coefficient (Wildman–Crippen LogP) is 24.9. The Kier molecular flexibility index (Phi) is 17.1. The van der Waals surface area contributed by atoms with Crippen LogP contribution in [0.3, 0.4) is 0 Å². The van der Waals surface area contributed by atoms with E-state index >= 15 is 0 Å². The van der Waals surface area contributed by atoms with Crippen LogP contribution in [0.5, 0.6) is 0 Å². The van der Waals surface area contributed by atoms with Crippen LogP contribution in [0, 0.1) is 16.7 Å². The third-order valence-electron chi connectivity index (χ3n) is 19.2. The highest BCUT2D eigenvalue weighted by atomic mass is 15.0. The minimum Gasteiger partial charge on any atom is -0.309 e. The second kappa shape index (κ2) is 24.0. The summed E-state index contributed by atoms with van der Waals surface area (Å²) in [6.45, 7) is 59.5. The van der Waals surface area contributed by atoms with Crippen LogP contribution in [-0.2, 0) is 37.9 Å². The summed E-state index contributed by atoms with van der Waals surface area (Å²) in [5.41, 5.74) is 22.4. The fraction of sp³-hybridized carbons (Fsp3) is 0.356. The van der Waals surface area contributed by atoms with Crippen LogP contribution < -0.4 is 0 Å². The minimum atomic E-state index is -0.153. The molecule has 0 atom stereocenters. The number of allylic oxidation sites excluding steroid dienone is 1. The Morgan fingerprint density at radius 1 is 0.344 bits per heavy atom. The van der Waals surface area contributed by atoms with Gasteiger partial charge in [-0.1, -0.05) is 239 Å². The molecule has 0 fully saturated rings. The average Bonchev–Trinajstić information content (AvgIpc) is 1.55. The lowest BCUT2D eigenvalue weighted by molar-refractivity contribution is 0.547. The van der Waals surface area contributed by atoms with Gasteiger partial charge in [-0.25, -0.2) is 15.0 Å². The molecule has 0 saturated carbocycles. The molecule has 11 rings (SSSR count). The largest absolute Gasteiger partial charge is 0.309 e.